The minimum Gasteiger partial charge on any atom is -0.306 e. The Labute approximate surface area is 147 Å². The van der Waals surface area contributed by atoms with Crippen LogP contribution in [0.25, 0.3) is 0 Å². The summed E-state index contributed by atoms with van der Waals surface area (Å²) in [6, 6.07) is 10.1. The zero-order chi connectivity index (χ0) is 16.8. The Morgan fingerprint density at radius 3 is 2.96 bits per heavy atom. The van der Waals surface area contributed by atoms with E-state index >= 15 is 0 Å². The van der Waals surface area contributed by atoms with Crippen LogP contribution in [-0.2, 0) is 0 Å². The first-order valence-electron chi connectivity index (χ1n) is 8.29. The molecule has 2 aromatic rings. The van der Waals surface area contributed by atoms with Crippen LogP contribution in [0.4, 0.5) is 5.69 Å². The van der Waals surface area contributed by atoms with Gasteiger partial charge in [-0.2, -0.15) is 0 Å². The van der Waals surface area contributed by atoms with Crippen LogP contribution in [-0.4, -0.2) is 42.0 Å². The molecule has 1 fully saturated rings. The first-order valence-corrected chi connectivity index (χ1v) is 8.67. The molecule has 5 heteroatoms. The van der Waals surface area contributed by atoms with Gasteiger partial charge in [0.05, 0.1) is 5.56 Å². The van der Waals surface area contributed by atoms with Crippen LogP contribution in [0.2, 0.25) is 5.15 Å². The highest BCUT2D eigenvalue weighted by molar-refractivity contribution is 6.33. The van der Waals surface area contributed by atoms with Gasteiger partial charge in [-0.1, -0.05) is 29.3 Å². The summed E-state index contributed by atoms with van der Waals surface area (Å²) < 4.78 is 0. The highest BCUT2D eigenvalue weighted by Crippen LogP contribution is 2.45. The van der Waals surface area contributed by atoms with Crippen LogP contribution in [0.15, 0.2) is 36.5 Å². The van der Waals surface area contributed by atoms with Crippen molar-refractivity contribution >= 4 is 23.2 Å². The van der Waals surface area contributed by atoms with Crippen LogP contribution in [0.3, 0.4) is 0 Å². The van der Waals surface area contributed by atoms with Gasteiger partial charge >= 0.3 is 0 Å². The lowest BCUT2D eigenvalue weighted by Crippen LogP contribution is -2.47. The maximum atomic E-state index is 13.2. The van der Waals surface area contributed by atoms with Crippen molar-refractivity contribution in [3.05, 3.63) is 58.4 Å². The lowest BCUT2D eigenvalue weighted by atomic mass is 9.89. The van der Waals surface area contributed by atoms with Crippen molar-refractivity contribution in [3.8, 4) is 0 Å². The molecule has 0 aliphatic carbocycles. The Balaban J connectivity index is 1.81. The molecule has 1 amide bonds. The van der Waals surface area contributed by atoms with E-state index in [9.17, 15) is 4.79 Å². The molecule has 2 aliphatic heterocycles. The number of amides is 1. The summed E-state index contributed by atoms with van der Waals surface area (Å²) in [5.41, 5.74) is 4.01. The molecule has 3 heterocycles. The van der Waals surface area contributed by atoms with Gasteiger partial charge in [-0.25, -0.2) is 4.98 Å². The van der Waals surface area contributed by atoms with Crippen LogP contribution < -0.4 is 4.90 Å². The highest BCUT2D eigenvalue weighted by Gasteiger charge is 2.44. The minimum atomic E-state index is -0.0461. The normalized spacial score (nSPS) is 23.0. The summed E-state index contributed by atoms with van der Waals surface area (Å²) in [4.78, 5) is 21.6. The molecule has 1 saturated heterocycles. The lowest BCUT2D eigenvalue weighted by Gasteiger charge is -2.36. The third-order valence-corrected chi connectivity index (χ3v) is 5.46. The van der Waals surface area contributed by atoms with Gasteiger partial charge in [0.15, 0.2) is 0 Å². The number of nitrogens with zero attached hydrogens (tertiary/aromatic N) is 3. The maximum Gasteiger partial charge on any atom is 0.261 e. The van der Waals surface area contributed by atoms with Gasteiger partial charge in [-0.3, -0.25) is 4.79 Å². The van der Waals surface area contributed by atoms with E-state index in [1.54, 1.807) is 18.3 Å². The second kappa shape index (κ2) is 5.87. The fourth-order valence-electron chi connectivity index (χ4n) is 4.02. The average molecular weight is 342 g/mol. The van der Waals surface area contributed by atoms with Crippen LogP contribution in [0, 0.1) is 6.92 Å². The first kappa shape index (κ1) is 15.6. The number of benzene rings is 1. The van der Waals surface area contributed by atoms with Crippen molar-refractivity contribution in [2.24, 2.45) is 0 Å². The molecule has 0 radical (unpaired) electrons. The number of carbonyl (C=O) groups excluding carboxylic acids is 1. The number of anilines is 1. The molecule has 24 heavy (non-hydrogen) atoms. The molecule has 1 aromatic heterocycles. The molecule has 1 aromatic carbocycles. The van der Waals surface area contributed by atoms with Crippen LogP contribution in [0.1, 0.15) is 33.8 Å². The number of fused-ring (bicyclic) bond motifs is 3. The van der Waals surface area contributed by atoms with Crippen LogP contribution >= 0.6 is 11.6 Å². The van der Waals surface area contributed by atoms with E-state index in [-0.39, 0.29) is 17.1 Å². The fourth-order valence-corrected chi connectivity index (χ4v) is 4.22. The Morgan fingerprint density at radius 1 is 1.33 bits per heavy atom. The van der Waals surface area contributed by atoms with Crippen molar-refractivity contribution in [2.75, 3.05) is 25.0 Å². The molecule has 0 bridgehead atoms. The summed E-state index contributed by atoms with van der Waals surface area (Å²) in [5, 5.41) is 0.271. The van der Waals surface area contributed by atoms with E-state index in [0.29, 0.717) is 11.5 Å². The van der Waals surface area contributed by atoms with Crippen LogP contribution in [0.5, 0.6) is 0 Å². The molecule has 124 valence electrons. The number of piperidine rings is 1. The topological polar surface area (TPSA) is 36.4 Å². The maximum absolute atomic E-state index is 13.2. The molecule has 0 spiro atoms. The second-order valence-corrected chi connectivity index (χ2v) is 7.16. The Kier molecular flexibility index (Phi) is 3.82. The standard InChI is InChI=1S/C19H20ClN3O/c1-12-5-6-16-14(10-12)15-11-22(2)9-7-17(15)23(16)19(24)13-4-3-8-21-18(13)20/h3-6,8,10,15,17H,7,9,11H2,1-2H3/t15-,17-/m0/s1. The Bertz CT molecular complexity index is 807. The zero-order valence-electron chi connectivity index (χ0n) is 13.9. The number of hydrogen-bond acceptors (Lipinski definition) is 3. The van der Waals surface area contributed by atoms with Crippen molar-refractivity contribution < 1.29 is 4.79 Å². The van der Waals surface area contributed by atoms with Gasteiger partial charge < -0.3 is 9.80 Å². The Hall–Kier alpha value is -1.91. The number of aryl methyl sites for hydroxylation is 1. The lowest BCUT2D eigenvalue weighted by molar-refractivity contribution is 0.0964. The predicted octanol–water partition coefficient (Wildman–Crippen LogP) is 3.49. The number of rotatable bonds is 1. The first-order chi connectivity index (χ1) is 11.6. The number of aromatic nitrogens is 1. The number of likely N-dealkylation sites (N-methyl/N-ethyl adjacent to an activating group) is 1. The van der Waals surface area contributed by atoms with E-state index < -0.39 is 0 Å². The van der Waals surface area contributed by atoms with Gasteiger partial charge in [0.2, 0.25) is 0 Å². The SMILES string of the molecule is Cc1ccc2c(c1)[C@@H]1CN(C)CC[C@@H]1N2C(=O)c1cccnc1Cl. The smallest absolute Gasteiger partial charge is 0.261 e. The summed E-state index contributed by atoms with van der Waals surface area (Å²) in [7, 11) is 2.15. The number of hydrogen-bond donors (Lipinski definition) is 0. The number of halogens is 1. The molecule has 2 aliphatic rings. The van der Waals surface area contributed by atoms with Crippen molar-refractivity contribution in [2.45, 2.75) is 25.3 Å². The van der Waals surface area contributed by atoms with E-state index in [4.69, 9.17) is 11.6 Å². The fraction of sp³-hybridized carbons (Fsp3) is 0.368. The molecule has 0 unspecified atom stereocenters. The zero-order valence-corrected chi connectivity index (χ0v) is 14.6. The van der Waals surface area contributed by atoms with Gasteiger partial charge in [-0.15, -0.1) is 0 Å². The minimum absolute atomic E-state index is 0.0461. The number of pyridine rings is 1. The molecule has 0 N–H and O–H groups in total. The predicted molar refractivity (Wildman–Crippen MR) is 95.9 cm³/mol. The summed E-state index contributed by atoms with van der Waals surface area (Å²) in [6.07, 6.45) is 2.58. The molecule has 4 nitrogen and oxygen atoms in total. The van der Waals surface area contributed by atoms with E-state index in [2.05, 4.69) is 42.1 Å². The Morgan fingerprint density at radius 2 is 2.17 bits per heavy atom. The van der Waals surface area contributed by atoms with E-state index in [0.717, 1.165) is 25.2 Å². The van der Waals surface area contributed by atoms with Gasteiger partial charge in [0, 0.05) is 30.4 Å². The third-order valence-electron chi connectivity index (χ3n) is 5.16. The molecule has 2 atom stereocenters. The van der Waals surface area contributed by atoms with Crippen molar-refractivity contribution in [1.82, 2.24) is 9.88 Å². The summed E-state index contributed by atoms with van der Waals surface area (Å²) in [6.45, 7) is 4.08. The quantitative estimate of drug-likeness (QED) is 0.745. The molecule has 4 rings (SSSR count). The van der Waals surface area contributed by atoms with Gasteiger partial charge in [-0.05, 0) is 50.7 Å². The van der Waals surface area contributed by atoms with E-state index in [1.165, 1.54) is 11.1 Å². The van der Waals surface area contributed by atoms with E-state index in [1.807, 2.05) is 4.90 Å². The molecular formula is C19H20ClN3O. The number of likely N-dealkylation sites (tertiary alicyclic amines) is 1. The average Bonchev–Trinajstić information content (AvgIpc) is 2.88. The van der Waals surface area contributed by atoms with Gasteiger partial charge in [0.25, 0.3) is 5.91 Å². The van der Waals surface area contributed by atoms with Crippen molar-refractivity contribution in [3.63, 3.8) is 0 Å². The van der Waals surface area contributed by atoms with Crippen molar-refractivity contribution in [1.29, 1.82) is 0 Å². The molecule has 0 saturated carbocycles. The molecular weight excluding hydrogens is 322 g/mol. The third kappa shape index (κ3) is 2.41. The summed E-state index contributed by atoms with van der Waals surface area (Å²) >= 11 is 6.18. The second-order valence-electron chi connectivity index (χ2n) is 6.80. The van der Waals surface area contributed by atoms with Gasteiger partial charge in [0.1, 0.15) is 5.15 Å². The largest absolute Gasteiger partial charge is 0.306 e. The summed E-state index contributed by atoms with van der Waals surface area (Å²) in [5.74, 6) is 0.313. The monoisotopic (exact) mass is 341 g/mol. The number of carbonyl (C=O) groups is 1. The highest BCUT2D eigenvalue weighted by atomic mass is 35.5.